The smallest absolute Gasteiger partial charge is 0.174 e. The average Bonchev–Trinajstić information content (AvgIpc) is 3.12. The number of halogens is 2. The van der Waals surface area contributed by atoms with E-state index in [-0.39, 0.29) is 11.2 Å². The number of benzene rings is 2. The molecule has 4 rings (SSSR count). The highest BCUT2D eigenvalue weighted by atomic mass is 19.1. The second-order valence-corrected chi connectivity index (χ2v) is 7.33. The SMILES string of the molecule is CC(C)(O)c1ccn2c(-c3cc(F)cc(-c4ccccc4C#N)c3)cnc2c1F. The van der Waals surface area contributed by atoms with Gasteiger partial charge in [-0.15, -0.1) is 0 Å². The van der Waals surface area contributed by atoms with Crippen molar-refractivity contribution >= 4 is 5.65 Å². The largest absolute Gasteiger partial charge is 0.386 e. The fourth-order valence-electron chi connectivity index (χ4n) is 3.43. The minimum atomic E-state index is -1.36. The first-order chi connectivity index (χ1) is 13.8. The number of imidazole rings is 1. The van der Waals surface area contributed by atoms with Gasteiger partial charge in [0, 0.05) is 17.3 Å². The molecule has 0 aliphatic heterocycles. The lowest BCUT2D eigenvalue weighted by Crippen LogP contribution is -2.18. The van der Waals surface area contributed by atoms with Crippen molar-refractivity contribution < 1.29 is 13.9 Å². The molecule has 0 atom stereocenters. The van der Waals surface area contributed by atoms with E-state index in [9.17, 15) is 19.1 Å². The van der Waals surface area contributed by atoms with E-state index in [4.69, 9.17) is 0 Å². The molecule has 4 nitrogen and oxygen atoms in total. The topological polar surface area (TPSA) is 61.3 Å². The Morgan fingerprint density at radius 2 is 1.79 bits per heavy atom. The summed E-state index contributed by atoms with van der Waals surface area (Å²) in [5.41, 5.74) is 1.40. The van der Waals surface area contributed by atoms with Crippen LogP contribution in [0.5, 0.6) is 0 Å². The van der Waals surface area contributed by atoms with Gasteiger partial charge >= 0.3 is 0 Å². The molecule has 0 saturated heterocycles. The summed E-state index contributed by atoms with van der Waals surface area (Å²) in [6.45, 7) is 2.99. The minimum Gasteiger partial charge on any atom is -0.386 e. The van der Waals surface area contributed by atoms with Crippen LogP contribution < -0.4 is 0 Å². The van der Waals surface area contributed by atoms with Crippen molar-refractivity contribution in [3.63, 3.8) is 0 Å². The molecule has 4 aromatic rings. The van der Waals surface area contributed by atoms with E-state index in [1.807, 2.05) is 0 Å². The first-order valence-corrected chi connectivity index (χ1v) is 8.98. The molecule has 2 aromatic carbocycles. The van der Waals surface area contributed by atoms with Crippen molar-refractivity contribution in [1.29, 1.82) is 5.26 Å². The van der Waals surface area contributed by atoms with Gasteiger partial charge in [-0.3, -0.25) is 4.40 Å². The lowest BCUT2D eigenvalue weighted by Gasteiger charge is -2.18. The second-order valence-electron chi connectivity index (χ2n) is 7.33. The number of fused-ring (bicyclic) bond motifs is 1. The van der Waals surface area contributed by atoms with Gasteiger partial charge in [-0.1, -0.05) is 18.2 Å². The zero-order valence-electron chi connectivity index (χ0n) is 15.8. The molecule has 0 radical (unpaired) electrons. The maximum absolute atomic E-state index is 14.9. The average molecular weight is 389 g/mol. The molecule has 0 saturated carbocycles. The molecule has 0 spiro atoms. The number of nitrogens with zero attached hydrogens (tertiary/aromatic N) is 3. The van der Waals surface area contributed by atoms with Gasteiger partial charge in [0.1, 0.15) is 5.82 Å². The third-order valence-corrected chi connectivity index (χ3v) is 4.83. The van der Waals surface area contributed by atoms with Crippen LogP contribution in [0.2, 0.25) is 0 Å². The molecule has 0 aliphatic carbocycles. The van der Waals surface area contributed by atoms with E-state index in [0.29, 0.717) is 27.9 Å². The molecular weight excluding hydrogens is 372 g/mol. The lowest BCUT2D eigenvalue weighted by atomic mass is 9.97. The van der Waals surface area contributed by atoms with Gasteiger partial charge in [0.05, 0.1) is 29.1 Å². The molecule has 0 fully saturated rings. The molecule has 6 heteroatoms. The molecule has 0 bridgehead atoms. The summed E-state index contributed by atoms with van der Waals surface area (Å²) in [4.78, 5) is 4.14. The second kappa shape index (κ2) is 6.80. The van der Waals surface area contributed by atoms with Crippen molar-refractivity contribution in [3.8, 4) is 28.5 Å². The summed E-state index contributed by atoms with van der Waals surface area (Å²) >= 11 is 0. The highest BCUT2D eigenvalue weighted by Crippen LogP contribution is 2.32. The van der Waals surface area contributed by atoms with Crippen molar-refractivity contribution in [1.82, 2.24) is 9.38 Å². The maximum atomic E-state index is 14.9. The summed E-state index contributed by atoms with van der Waals surface area (Å²) in [5, 5.41) is 19.5. The predicted octanol–water partition coefficient (Wildman–Crippen LogP) is 5.05. The van der Waals surface area contributed by atoms with Gasteiger partial charge in [0.2, 0.25) is 0 Å². The van der Waals surface area contributed by atoms with Crippen LogP contribution in [0.1, 0.15) is 25.0 Å². The highest BCUT2D eigenvalue weighted by molar-refractivity contribution is 5.76. The number of aromatic nitrogens is 2. The quantitative estimate of drug-likeness (QED) is 0.534. The molecule has 1 N–H and O–H groups in total. The molecule has 0 amide bonds. The Bertz CT molecular complexity index is 1280. The summed E-state index contributed by atoms with van der Waals surface area (Å²) in [6.07, 6.45) is 3.06. The van der Waals surface area contributed by atoms with Crippen molar-refractivity contribution in [2.24, 2.45) is 0 Å². The fourth-order valence-corrected chi connectivity index (χ4v) is 3.43. The van der Waals surface area contributed by atoms with Crippen LogP contribution in [-0.2, 0) is 5.60 Å². The molecule has 2 aromatic heterocycles. The molecule has 0 unspecified atom stereocenters. The molecule has 29 heavy (non-hydrogen) atoms. The Kier molecular flexibility index (Phi) is 4.40. The van der Waals surface area contributed by atoms with Gasteiger partial charge in [0.25, 0.3) is 0 Å². The number of pyridine rings is 1. The zero-order chi connectivity index (χ0) is 20.8. The summed E-state index contributed by atoms with van der Waals surface area (Å²) in [7, 11) is 0. The fraction of sp³-hybridized carbons (Fsp3) is 0.130. The van der Waals surface area contributed by atoms with Crippen LogP contribution in [0.25, 0.3) is 28.0 Å². The Morgan fingerprint density at radius 3 is 2.52 bits per heavy atom. The predicted molar refractivity (Wildman–Crippen MR) is 106 cm³/mol. The van der Waals surface area contributed by atoms with E-state index in [2.05, 4.69) is 11.1 Å². The van der Waals surface area contributed by atoms with Gasteiger partial charge in [-0.05, 0) is 55.3 Å². The van der Waals surface area contributed by atoms with Crippen LogP contribution in [0, 0.1) is 23.0 Å². The Balaban J connectivity index is 1.90. The van der Waals surface area contributed by atoms with Crippen LogP contribution in [0.15, 0.2) is 60.9 Å². The zero-order valence-corrected chi connectivity index (χ0v) is 15.8. The third kappa shape index (κ3) is 3.26. The first kappa shape index (κ1) is 18.8. The Hall–Kier alpha value is -3.56. The standard InChI is InChI=1S/C23H17F2N3O/c1-23(2,29)19-7-8-28-20(13-27-22(28)21(19)25)16-9-15(10-17(24)11-16)18-6-4-3-5-14(18)12-26/h3-11,13,29H,1-2H3. The molecular formula is C23H17F2N3O. The van der Waals surface area contributed by atoms with Crippen molar-refractivity contribution in [3.05, 3.63) is 83.7 Å². The van der Waals surface area contributed by atoms with E-state index in [0.717, 1.165) is 0 Å². The van der Waals surface area contributed by atoms with Crippen LogP contribution in [0.3, 0.4) is 0 Å². The van der Waals surface area contributed by atoms with E-state index >= 15 is 0 Å². The highest BCUT2D eigenvalue weighted by Gasteiger charge is 2.24. The van der Waals surface area contributed by atoms with Gasteiger partial charge in [-0.25, -0.2) is 13.8 Å². The lowest BCUT2D eigenvalue weighted by molar-refractivity contribution is 0.0746. The molecule has 2 heterocycles. The number of hydrogen-bond acceptors (Lipinski definition) is 3. The maximum Gasteiger partial charge on any atom is 0.174 e. The summed E-state index contributed by atoms with van der Waals surface area (Å²) in [6, 6.07) is 15.0. The molecule has 0 aliphatic rings. The summed E-state index contributed by atoms with van der Waals surface area (Å²) in [5.74, 6) is -1.11. The molecule has 144 valence electrons. The van der Waals surface area contributed by atoms with E-state index in [1.54, 1.807) is 36.5 Å². The van der Waals surface area contributed by atoms with Crippen LogP contribution >= 0.6 is 0 Å². The van der Waals surface area contributed by atoms with E-state index in [1.165, 1.54) is 42.6 Å². The first-order valence-electron chi connectivity index (χ1n) is 8.98. The van der Waals surface area contributed by atoms with Crippen molar-refractivity contribution in [2.75, 3.05) is 0 Å². The number of aliphatic hydroxyl groups is 1. The number of rotatable bonds is 3. The monoisotopic (exact) mass is 389 g/mol. The normalized spacial score (nSPS) is 11.6. The van der Waals surface area contributed by atoms with Crippen LogP contribution in [-0.4, -0.2) is 14.5 Å². The number of nitriles is 1. The Morgan fingerprint density at radius 1 is 1.07 bits per heavy atom. The van der Waals surface area contributed by atoms with Crippen LogP contribution in [0.4, 0.5) is 8.78 Å². The van der Waals surface area contributed by atoms with Gasteiger partial charge in [0.15, 0.2) is 11.5 Å². The van der Waals surface area contributed by atoms with Gasteiger partial charge < -0.3 is 5.11 Å². The minimum absolute atomic E-state index is 0.0443. The van der Waals surface area contributed by atoms with Gasteiger partial charge in [-0.2, -0.15) is 5.26 Å². The van der Waals surface area contributed by atoms with Crippen molar-refractivity contribution in [2.45, 2.75) is 19.4 Å². The third-order valence-electron chi connectivity index (χ3n) is 4.83. The number of hydrogen-bond donors (Lipinski definition) is 1. The van der Waals surface area contributed by atoms with E-state index < -0.39 is 17.2 Å². The Labute approximate surface area is 166 Å². The summed E-state index contributed by atoms with van der Waals surface area (Å²) < 4.78 is 30.8.